The van der Waals surface area contributed by atoms with Crippen LogP contribution in [0.2, 0.25) is 0 Å². The lowest BCUT2D eigenvalue weighted by Crippen LogP contribution is -2.51. The smallest absolute Gasteiger partial charge is 0.301 e. The van der Waals surface area contributed by atoms with E-state index in [4.69, 9.17) is 5.73 Å². The van der Waals surface area contributed by atoms with Gasteiger partial charge in [-0.3, -0.25) is 19.4 Å². The Morgan fingerprint density at radius 2 is 1.75 bits per heavy atom. The molecule has 0 aliphatic carbocycles. The Morgan fingerprint density at radius 3 is 2.19 bits per heavy atom. The fourth-order valence-corrected chi connectivity index (χ4v) is 1.82. The molecule has 0 radical (unpaired) electrons. The highest BCUT2D eigenvalue weighted by atomic mass is 16.2. The number of hydrazine groups is 1. The molecule has 6 heteroatoms. The van der Waals surface area contributed by atoms with Crippen LogP contribution < -0.4 is 5.73 Å². The molecule has 1 rings (SSSR count). The second-order valence-electron chi connectivity index (χ2n) is 3.85. The first kappa shape index (κ1) is 12.6. The number of primary amides is 1. The molecule has 90 valence electrons. The zero-order valence-electron chi connectivity index (χ0n) is 9.22. The fraction of sp³-hybridized carbons (Fsp3) is 0.700. The van der Waals surface area contributed by atoms with Gasteiger partial charge in [-0.15, -0.1) is 0 Å². The van der Waals surface area contributed by atoms with Crippen LogP contribution in [0.3, 0.4) is 0 Å². The van der Waals surface area contributed by atoms with E-state index in [1.54, 1.807) is 5.01 Å². The second kappa shape index (κ2) is 6.22. The maximum Gasteiger partial charge on any atom is 0.301 e. The maximum atomic E-state index is 11.4. The molecule has 2 N–H and O–H groups in total. The van der Waals surface area contributed by atoms with Crippen molar-refractivity contribution in [1.82, 2.24) is 10.0 Å². The van der Waals surface area contributed by atoms with E-state index in [1.807, 2.05) is 0 Å². The van der Waals surface area contributed by atoms with Crippen molar-refractivity contribution in [1.29, 1.82) is 0 Å². The van der Waals surface area contributed by atoms with Gasteiger partial charge in [0.05, 0.1) is 0 Å². The highest BCUT2D eigenvalue weighted by Gasteiger charge is 2.23. The minimum Gasteiger partial charge on any atom is -0.368 e. The number of nitrogens with zero attached hydrogens (tertiary/aromatic N) is 2. The van der Waals surface area contributed by atoms with Gasteiger partial charge >= 0.3 is 5.91 Å². The van der Waals surface area contributed by atoms with E-state index < -0.39 is 11.8 Å². The van der Waals surface area contributed by atoms with Gasteiger partial charge < -0.3 is 5.73 Å². The lowest BCUT2D eigenvalue weighted by molar-refractivity contribution is -0.155. The molecule has 0 aromatic carbocycles. The number of aldehydes is 1. The Morgan fingerprint density at radius 1 is 1.19 bits per heavy atom. The summed E-state index contributed by atoms with van der Waals surface area (Å²) in [6, 6.07) is 0. The van der Waals surface area contributed by atoms with Crippen LogP contribution >= 0.6 is 0 Å². The van der Waals surface area contributed by atoms with Crippen molar-refractivity contribution >= 4 is 18.1 Å². The molecule has 16 heavy (non-hydrogen) atoms. The number of rotatable bonds is 4. The van der Waals surface area contributed by atoms with E-state index in [1.165, 1.54) is 0 Å². The molecule has 2 amide bonds. The first-order valence-electron chi connectivity index (χ1n) is 5.45. The molecular weight excluding hydrogens is 210 g/mol. The molecule has 1 aliphatic heterocycles. The lowest BCUT2D eigenvalue weighted by Gasteiger charge is -2.31. The standard InChI is InChI=1S/C10H17N3O3/c11-9(15)7-13(10(16)8-14)12-5-3-1-2-4-6-12/h8H,1-7H2,(H2,11,15). The molecule has 6 nitrogen and oxygen atoms in total. The molecular formula is C10H17N3O3. The number of hydrogen-bond acceptors (Lipinski definition) is 4. The van der Waals surface area contributed by atoms with Crippen molar-refractivity contribution in [2.24, 2.45) is 5.73 Å². The second-order valence-corrected chi connectivity index (χ2v) is 3.85. The van der Waals surface area contributed by atoms with Gasteiger partial charge in [0.2, 0.25) is 12.2 Å². The number of carbonyl (C=O) groups is 3. The summed E-state index contributed by atoms with van der Waals surface area (Å²) in [5.41, 5.74) is 5.06. The van der Waals surface area contributed by atoms with Crippen LogP contribution in [-0.4, -0.2) is 47.8 Å². The van der Waals surface area contributed by atoms with E-state index in [9.17, 15) is 14.4 Å². The van der Waals surface area contributed by atoms with Crippen molar-refractivity contribution in [2.75, 3.05) is 19.6 Å². The Labute approximate surface area is 94.3 Å². The molecule has 1 aliphatic rings. The molecule has 0 bridgehead atoms. The third-order valence-electron chi connectivity index (χ3n) is 2.58. The van der Waals surface area contributed by atoms with Gasteiger partial charge in [0, 0.05) is 13.1 Å². The molecule has 0 spiro atoms. The Hall–Kier alpha value is -1.43. The van der Waals surface area contributed by atoms with Crippen LogP contribution in [0.15, 0.2) is 0 Å². The summed E-state index contributed by atoms with van der Waals surface area (Å²) in [6.45, 7) is 1.15. The van der Waals surface area contributed by atoms with Crippen molar-refractivity contribution in [2.45, 2.75) is 25.7 Å². The first-order chi connectivity index (χ1) is 7.65. The number of hydrogen-bond donors (Lipinski definition) is 1. The van der Waals surface area contributed by atoms with Gasteiger partial charge in [0.25, 0.3) is 0 Å². The summed E-state index contributed by atoms with van der Waals surface area (Å²) in [7, 11) is 0. The highest BCUT2D eigenvalue weighted by molar-refractivity contribution is 6.23. The fourth-order valence-electron chi connectivity index (χ4n) is 1.82. The van der Waals surface area contributed by atoms with Crippen LogP contribution in [0, 0.1) is 0 Å². The van der Waals surface area contributed by atoms with Crippen molar-refractivity contribution in [3.8, 4) is 0 Å². The van der Waals surface area contributed by atoms with Gasteiger partial charge in [-0.2, -0.15) is 0 Å². The molecule has 1 saturated heterocycles. The topological polar surface area (TPSA) is 83.7 Å². The summed E-state index contributed by atoms with van der Waals surface area (Å²) < 4.78 is 0. The van der Waals surface area contributed by atoms with Crippen LogP contribution in [0.4, 0.5) is 0 Å². The van der Waals surface area contributed by atoms with E-state index in [0.29, 0.717) is 13.1 Å². The van der Waals surface area contributed by atoms with E-state index in [-0.39, 0.29) is 12.8 Å². The van der Waals surface area contributed by atoms with Crippen LogP contribution in [0.1, 0.15) is 25.7 Å². The predicted molar refractivity (Wildman–Crippen MR) is 57.0 cm³/mol. The zero-order valence-corrected chi connectivity index (χ0v) is 9.22. The molecule has 1 heterocycles. The van der Waals surface area contributed by atoms with E-state index in [2.05, 4.69) is 0 Å². The molecule has 0 saturated carbocycles. The molecule has 0 atom stereocenters. The monoisotopic (exact) mass is 227 g/mol. The molecule has 0 unspecified atom stereocenters. The summed E-state index contributed by atoms with van der Waals surface area (Å²) in [5, 5.41) is 2.90. The molecule has 0 aromatic rings. The van der Waals surface area contributed by atoms with Gasteiger partial charge in [0.1, 0.15) is 6.54 Å². The summed E-state index contributed by atoms with van der Waals surface area (Å²) in [5.74, 6) is -1.32. The highest BCUT2D eigenvalue weighted by Crippen LogP contribution is 2.11. The van der Waals surface area contributed by atoms with Crippen molar-refractivity contribution < 1.29 is 14.4 Å². The minimum absolute atomic E-state index is 0.216. The lowest BCUT2D eigenvalue weighted by atomic mass is 10.2. The third kappa shape index (κ3) is 3.62. The third-order valence-corrected chi connectivity index (χ3v) is 2.58. The Bertz CT molecular complexity index is 272. The van der Waals surface area contributed by atoms with Gasteiger partial charge in [0.15, 0.2) is 0 Å². The average Bonchev–Trinajstić information content (AvgIpc) is 2.53. The van der Waals surface area contributed by atoms with Crippen molar-refractivity contribution in [3.05, 3.63) is 0 Å². The molecule has 1 fully saturated rings. The Kier molecular flexibility index (Phi) is 4.91. The van der Waals surface area contributed by atoms with Crippen LogP contribution in [-0.2, 0) is 14.4 Å². The summed E-state index contributed by atoms with van der Waals surface area (Å²) >= 11 is 0. The average molecular weight is 227 g/mol. The number of nitrogens with two attached hydrogens (primary N) is 1. The zero-order chi connectivity index (χ0) is 12.0. The van der Waals surface area contributed by atoms with Gasteiger partial charge in [-0.05, 0) is 12.8 Å². The molecule has 0 aromatic heterocycles. The Balaban J connectivity index is 2.68. The van der Waals surface area contributed by atoms with Crippen molar-refractivity contribution in [3.63, 3.8) is 0 Å². The quantitative estimate of drug-likeness (QED) is 0.508. The van der Waals surface area contributed by atoms with Crippen LogP contribution in [0.25, 0.3) is 0 Å². The summed E-state index contributed by atoms with van der Waals surface area (Å²) in [4.78, 5) is 32.7. The van der Waals surface area contributed by atoms with Gasteiger partial charge in [-0.25, -0.2) is 5.01 Å². The number of amides is 2. The van der Waals surface area contributed by atoms with Crippen LogP contribution in [0.5, 0.6) is 0 Å². The van der Waals surface area contributed by atoms with Gasteiger partial charge in [-0.1, -0.05) is 12.8 Å². The SMILES string of the molecule is NC(=O)CN(C(=O)C=O)N1CCCCCC1. The van der Waals surface area contributed by atoms with E-state index in [0.717, 1.165) is 30.7 Å². The largest absolute Gasteiger partial charge is 0.368 e. The van der Waals surface area contributed by atoms with E-state index >= 15 is 0 Å². The first-order valence-corrected chi connectivity index (χ1v) is 5.45. The number of carbonyl (C=O) groups excluding carboxylic acids is 3. The summed E-state index contributed by atoms with van der Waals surface area (Å²) in [6.07, 6.45) is 4.35. The minimum atomic E-state index is -0.708. The predicted octanol–water partition coefficient (Wildman–Crippen LogP) is -0.710. The normalized spacial score (nSPS) is 17.5. The maximum absolute atomic E-state index is 11.4.